The van der Waals surface area contributed by atoms with Crippen molar-refractivity contribution in [1.82, 2.24) is 0 Å². The molecular weight excluding hydrogens is 284 g/mol. The monoisotopic (exact) mass is 308 g/mol. The molecular formula is C20H24N2O. The summed E-state index contributed by atoms with van der Waals surface area (Å²) in [6, 6.07) is 12.4. The molecule has 2 aromatic rings. The topological polar surface area (TPSA) is 55.1 Å². The second-order valence-corrected chi connectivity index (χ2v) is 6.40. The van der Waals surface area contributed by atoms with Crippen LogP contribution in [0, 0.1) is 0 Å². The molecule has 0 fully saturated rings. The number of hydrogen-bond donors (Lipinski definition) is 2. The van der Waals surface area contributed by atoms with E-state index in [1.807, 2.05) is 12.1 Å². The Labute approximate surface area is 137 Å². The van der Waals surface area contributed by atoms with Crippen LogP contribution >= 0.6 is 0 Å². The molecule has 0 aliphatic heterocycles. The van der Waals surface area contributed by atoms with Crippen molar-refractivity contribution >= 4 is 17.3 Å². The Morgan fingerprint density at radius 1 is 0.870 bits per heavy atom. The van der Waals surface area contributed by atoms with Crippen molar-refractivity contribution in [2.75, 3.05) is 11.1 Å². The van der Waals surface area contributed by atoms with Crippen LogP contribution in [0.15, 0.2) is 36.4 Å². The molecule has 3 N–H and O–H groups in total. The molecule has 0 spiro atoms. The zero-order valence-electron chi connectivity index (χ0n) is 13.7. The average Bonchev–Trinajstić information content (AvgIpc) is 3.14. The Balaban J connectivity index is 0.000000140. The van der Waals surface area contributed by atoms with E-state index in [1.54, 1.807) is 0 Å². The molecule has 4 rings (SSSR count). The molecule has 0 radical (unpaired) electrons. The fraction of sp³-hybridized carbons (Fsp3) is 0.350. The van der Waals surface area contributed by atoms with E-state index in [1.165, 1.54) is 61.3 Å². The number of rotatable bonds is 1. The van der Waals surface area contributed by atoms with Crippen LogP contribution in [0.1, 0.15) is 42.0 Å². The van der Waals surface area contributed by atoms with Gasteiger partial charge in [-0.3, -0.25) is 4.79 Å². The Morgan fingerprint density at radius 3 is 2.09 bits per heavy atom. The van der Waals surface area contributed by atoms with Gasteiger partial charge in [-0.25, -0.2) is 0 Å². The minimum Gasteiger partial charge on any atom is -0.399 e. The first-order valence-electron chi connectivity index (χ1n) is 8.38. The van der Waals surface area contributed by atoms with Crippen LogP contribution in [-0.2, 0) is 30.5 Å². The van der Waals surface area contributed by atoms with E-state index < -0.39 is 0 Å². The van der Waals surface area contributed by atoms with Crippen LogP contribution < -0.4 is 11.1 Å². The molecule has 0 bridgehead atoms. The van der Waals surface area contributed by atoms with Gasteiger partial charge in [-0.2, -0.15) is 0 Å². The maximum Gasteiger partial charge on any atom is 0.221 e. The van der Waals surface area contributed by atoms with Crippen LogP contribution in [0.4, 0.5) is 11.4 Å². The highest BCUT2D eigenvalue weighted by Crippen LogP contribution is 2.25. The maximum atomic E-state index is 10.8. The van der Waals surface area contributed by atoms with Crippen LogP contribution in [0.2, 0.25) is 0 Å². The van der Waals surface area contributed by atoms with E-state index in [-0.39, 0.29) is 5.91 Å². The van der Waals surface area contributed by atoms with Crippen molar-refractivity contribution in [3.63, 3.8) is 0 Å². The van der Waals surface area contributed by atoms with E-state index in [9.17, 15) is 4.79 Å². The van der Waals surface area contributed by atoms with E-state index in [2.05, 4.69) is 29.6 Å². The minimum absolute atomic E-state index is 0.00190. The Kier molecular flexibility index (Phi) is 4.65. The summed E-state index contributed by atoms with van der Waals surface area (Å²) < 4.78 is 0. The van der Waals surface area contributed by atoms with Gasteiger partial charge in [0.2, 0.25) is 5.91 Å². The van der Waals surface area contributed by atoms with Crippen LogP contribution in [0.5, 0.6) is 0 Å². The van der Waals surface area contributed by atoms with Crippen LogP contribution in [0.3, 0.4) is 0 Å². The molecule has 1 amide bonds. The smallest absolute Gasteiger partial charge is 0.221 e. The predicted molar refractivity (Wildman–Crippen MR) is 95.7 cm³/mol. The van der Waals surface area contributed by atoms with Gasteiger partial charge in [0.15, 0.2) is 0 Å². The van der Waals surface area contributed by atoms with Gasteiger partial charge in [0.1, 0.15) is 0 Å². The quantitative estimate of drug-likeness (QED) is 0.785. The summed E-state index contributed by atoms with van der Waals surface area (Å²) in [5, 5.41) is 2.80. The molecule has 3 heteroatoms. The van der Waals surface area contributed by atoms with E-state index in [0.717, 1.165) is 17.8 Å². The highest BCUT2D eigenvalue weighted by molar-refractivity contribution is 5.88. The van der Waals surface area contributed by atoms with Gasteiger partial charge in [-0.1, -0.05) is 12.1 Å². The van der Waals surface area contributed by atoms with Crippen molar-refractivity contribution in [2.24, 2.45) is 0 Å². The van der Waals surface area contributed by atoms with Gasteiger partial charge < -0.3 is 11.1 Å². The van der Waals surface area contributed by atoms with Gasteiger partial charge in [0.05, 0.1) is 0 Å². The fourth-order valence-corrected chi connectivity index (χ4v) is 3.44. The van der Waals surface area contributed by atoms with E-state index in [0.29, 0.717) is 0 Å². The lowest BCUT2D eigenvalue weighted by atomic mass is 10.1. The molecule has 2 aliphatic rings. The first-order valence-corrected chi connectivity index (χ1v) is 8.38. The summed E-state index contributed by atoms with van der Waals surface area (Å²) in [7, 11) is 0. The summed E-state index contributed by atoms with van der Waals surface area (Å²) in [6.45, 7) is 1.53. The number of benzene rings is 2. The molecule has 3 nitrogen and oxygen atoms in total. The zero-order chi connectivity index (χ0) is 16.2. The van der Waals surface area contributed by atoms with Crippen LogP contribution in [0.25, 0.3) is 0 Å². The Bertz CT molecular complexity index is 722. The highest BCUT2D eigenvalue weighted by atomic mass is 16.1. The summed E-state index contributed by atoms with van der Waals surface area (Å²) in [6.07, 6.45) is 7.37. The number of carbonyl (C=O) groups is 1. The fourth-order valence-electron chi connectivity index (χ4n) is 3.44. The third-order valence-corrected chi connectivity index (χ3v) is 4.54. The lowest BCUT2D eigenvalue weighted by molar-refractivity contribution is -0.114. The maximum absolute atomic E-state index is 10.8. The van der Waals surface area contributed by atoms with Crippen molar-refractivity contribution < 1.29 is 4.79 Å². The number of nitrogens with two attached hydrogens (primary N) is 1. The molecule has 0 saturated carbocycles. The number of hydrogen-bond acceptors (Lipinski definition) is 2. The standard InChI is InChI=1S/C11H13NO.C9H11N/c1-8(13)12-11-6-5-9-3-2-4-10(9)7-11;10-9-5-4-7-2-1-3-8(7)6-9/h5-7H,2-4H2,1H3,(H,12,13);4-6H,1-3,10H2. The predicted octanol–water partition coefficient (Wildman–Crippen LogP) is 3.89. The number of anilines is 2. The molecule has 0 heterocycles. The normalized spacial score (nSPS) is 14.5. The van der Waals surface area contributed by atoms with E-state index >= 15 is 0 Å². The lowest BCUT2D eigenvalue weighted by Gasteiger charge is -2.04. The third kappa shape index (κ3) is 3.92. The largest absolute Gasteiger partial charge is 0.399 e. The number of carbonyl (C=O) groups excluding carboxylic acids is 1. The second-order valence-electron chi connectivity index (χ2n) is 6.40. The molecule has 0 unspecified atom stereocenters. The van der Waals surface area contributed by atoms with Gasteiger partial charge in [0.25, 0.3) is 0 Å². The molecule has 2 aromatic carbocycles. The van der Waals surface area contributed by atoms with E-state index in [4.69, 9.17) is 5.73 Å². The van der Waals surface area contributed by atoms with Gasteiger partial charge in [0, 0.05) is 18.3 Å². The first kappa shape index (κ1) is 15.6. The molecule has 0 saturated heterocycles. The minimum atomic E-state index is -0.00190. The third-order valence-electron chi connectivity index (χ3n) is 4.54. The Morgan fingerprint density at radius 2 is 1.43 bits per heavy atom. The average molecular weight is 308 g/mol. The van der Waals surface area contributed by atoms with Crippen molar-refractivity contribution in [3.8, 4) is 0 Å². The highest BCUT2D eigenvalue weighted by Gasteiger charge is 2.11. The second kappa shape index (κ2) is 6.86. The van der Waals surface area contributed by atoms with Gasteiger partial charge in [-0.05, 0) is 85.0 Å². The molecule has 23 heavy (non-hydrogen) atoms. The molecule has 120 valence electrons. The number of aryl methyl sites for hydroxylation is 4. The number of amides is 1. The van der Waals surface area contributed by atoms with Gasteiger partial charge in [-0.15, -0.1) is 0 Å². The van der Waals surface area contributed by atoms with Crippen molar-refractivity contribution in [2.45, 2.75) is 45.4 Å². The Hall–Kier alpha value is -2.29. The number of nitrogen functional groups attached to an aromatic ring is 1. The van der Waals surface area contributed by atoms with Gasteiger partial charge >= 0.3 is 0 Å². The van der Waals surface area contributed by atoms with Crippen molar-refractivity contribution in [3.05, 3.63) is 58.7 Å². The summed E-state index contributed by atoms with van der Waals surface area (Å²) in [4.78, 5) is 10.8. The van der Waals surface area contributed by atoms with Crippen molar-refractivity contribution in [1.29, 1.82) is 0 Å². The molecule has 0 atom stereocenters. The molecule has 2 aliphatic carbocycles. The SMILES string of the molecule is CC(=O)Nc1ccc2c(c1)CCC2.Nc1ccc2c(c1)CCC2. The number of fused-ring (bicyclic) bond motifs is 2. The zero-order valence-corrected chi connectivity index (χ0v) is 13.7. The summed E-state index contributed by atoms with van der Waals surface area (Å²) in [5.41, 5.74) is 13.2. The first-order chi connectivity index (χ1) is 11.1. The van der Waals surface area contributed by atoms with Crippen LogP contribution in [-0.4, -0.2) is 5.91 Å². The summed E-state index contributed by atoms with van der Waals surface area (Å²) in [5.74, 6) is -0.00190. The summed E-state index contributed by atoms with van der Waals surface area (Å²) >= 11 is 0. The number of nitrogens with one attached hydrogen (secondary N) is 1. The lowest BCUT2D eigenvalue weighted by Crippen LogP contribution is -2.05. The molecule has 0 aromatic heterocycles.